The van der Waals surface area contributed by atoms with Crippen LogP contribution in [-0.2, 0) is 11.2 Å². The summed E-state index contributed by atoms with van der Waals surface area (Å²) in [7, 11) is 0. The van der Waals surface area contributed by atoms with E-state index in [9.17, 15) is 4.79 Å². The lowest BCUT2D eigenvalue weighted by Crippen LogP contribution is -2.37. The number of amides is 1. The number of anilines is 1. The number of carbonyl (C=O) groups is 1. The van der Waals surface area contributed by atoms with Crippen molar-refractivity contribution in [2.24, 2.45) is 0 Å². The molecule has 4 nitrogen and oxygen atoms in total. The van der Waals surface area contributed by atoms with Crippen LogP contribution in [0.4, 0.5) is 5.69 Å². The maximum Gasteiger partial charge on any atom is 0.237 e. The first-order valence-corrected chi connectivity index (χ1v) is 10.0. The number of aryl methyl sites for hydroxylation is 1. The number of thioether (sulfide) groups is 1. The molecule has 0 saturated heterocycles. The molecule has 2 aromatic carbocycles. The Hall–Kier alpha value is -2.66. The van der Waals surface area contributed by atoms with Crippen molar-refractivity contribution in [1.29, 1.82) is 0 Å². The Morgan fingerprint density at radius 2 is 1.85 bits per heavy atom. The van der Waals surface area contributed by atoms with Gasteiger partial charge >= 0.3 is 0 Å². The van der Waals surface area contributed by atoms with Gasteiger partial charge in [-0.25, -0.2) is 9.97 Å². The van der Waals surface area contributed by atoms with Crippen LogP contribution in [0, 0.1) is 6.92 Å². The minimum absolute atomic E-state index is 0.101. The summed E-state index contributed by atoms with van der Waals surface area (Å²) in [6.07, 6.45) is 0.908. The van der Waals surface area contributed by atoms with Crippen molar-refractivity contribution in [2.75, 3.05) is 10.7 Å². The smallest absolute Gasteiger partial charge is 0.237 e. The Kier molecular flexibility index (Phi) is 4.94. The normalized spacial score (nSPS) is 15.6. The molecule has 4 rings (SSSR count). The summed E-state index contributed by atoms with van der Waals surface area (Å²) >= 11 is 1.40. The Morgan fingerprint density at radius 3 is 2.67 bits per heavy atom. The zero-order chi connectivity index (χ0) is 18.8. The number of para-hydroxylation sites is 1. The molecule has 2 heterocycles. The predicted octanol–water partition coefficient (Wildman–Crippen LogP) is 4.52. The Labute approximate surface area is 163 Å². The van der Waals surface area contributed by atoms with Crippen LogP contribution in [0.25, 0.3) is 11.3 Å². The zero-order valence-corrected chi connectivity index (χ0v) is 16.2. The number of fused-ring (bicyclic) bond motifs is 1. The van der Waals surface area contributed by atoms with Gasteiger partial charge in [0.25, 0.3) is 0 Å². The summed E-state index contributed by atoms with van der Waals surface area (Å²) < 4.78 is 0. The summed E-state index contributed by atoms with van der Waals surface area (Å²) in [5.41, 5.74) is 5.11. The van der Waals surface area contributed by atoms with Crippen LogP contribution < -0.4 is 4.90 Å². The van der Waals surface area contributed by atoms with Gasteiger partial charge in [-0.2, -0.15) is 0 Å². The first kappa shape index (κ1) is 17.7. The predicted molar refractivity (Wildman–Crippen MR) is 110 cm³/mol. The van der Waals surface area contributed by atoms with Crippen molar-refractivity contribution in [2.45, 2.75) is 31.5 Å². The summed E-state index contributed by atoms with van der Waals surface area (Å²) in [6, 6.07) is 20.3. The van der Waals surface area contributed by atoms with E-state index in [1.807, 2.05) is 66.4 Å². The Bertz CT molecular complexity index is 974. The molecule has 0 unspecified atom stereocenters. The molecule has 1 atom stereocenters. The first-order chi connectivity index (χ1) is 13.1. The van der Waals surface area contributed by atoms with Crippen molar-refractivity contribution >= 4 is 23.4 Å². The molecule has 1 aliphatic heterocycles. The van der Waals surface area contributed by atoms with Crippen LogP contribution in [0.15, 0.2) is 65.8 Å². The molecule has 0 spiro atoms. The van der Waals surface area contributed by atoms with Crippen LogP contribution in [0.2, 0.25) is 0 Å². The Balaban J connectivity index is 1.51. The molecular formula is C22H21N3OS. The number of benzene rings is 2. The van der Waals surface area contributed by atoms with E-state index in [2.05, 4.69) is 23.0 Å². The molecule has 1 aliphatic rings. The fourth-order valence-electron chi connectivity index (χ4n) is 3.50. The van der Waals surface area contributed by atoms with E-state index in [0.29, 0.717) is 10.9 Å². The van der Waals surface area contributed by atoms with E-state index in [0.717, 1.165) is 29.1 Å². The highest BCUT2D eigenvalue weighted by Gasteiger charge is 2.30. The monoisotopic (exact) mass is 375 g/mol. The number of nitrogens with zero attached hydrogens (tertiary/aromatic N) is 3. The maximum atomic E-state index is 12.9. The number of aromatic nitrogens is 2. The first-order valence-electron chi connectivity index (χ1n) is 9.05. The van der Waals surface area contributed by atoms with E-state index in [4.69, 9.17) is 0 Å². The summed E-state index contributed by atoms with van der Waals surface area (Å²) in [5.74, 6) is 0.430. The second kappa shape index (κ2) is 7.53. The molecular weight excluding hydrogens is 354 g/mol. The van der Waals surface area contributed by atoms with Crippen LogP contribution in [-0.4, -0.2) is 27.7 Å². The fourth-order valence-corrected chi connectivity index (χ4v) is 4.27. The standard InChI is InChI=1S/C22H21N3OS/c1-15-12-19(17-8-4-3-5-9-17)24-22(23-15)27-14-21(26)25-16(2)13-18-10-6-7-11-20(18)25/h3-12,16H,13-14H2,1-2H3/t16-/m1/s1. The third-order valence-corrected chi connectivity index (χ3v) is 5.54. The van der Waals surface area contributed by atoms with Crippen LogP contribution in [0.5, 0.6) is 0 Å². The highest BCUT2D eigenvalue weighted by Crippen LogP contribution is 2.32. The topological polar surface area (TPSA) is 46.1 Å². The molecule has 27 heavy (non-hydrogen) atoms. The average Bonchev–Trinajstić information content (AvgIpc) is 3.02. The van der Waals surface area contributed by atoms with Crippen molar-refractivity contribution in [3.63, 3.8) is 0 Å². The van der Waals surface area contributed by atoms with E-state index in [1.165, 1.54) is 17.3 Å². The average molecular weight is 375 g/mol. The van der Waals surface area contributed by atoms with E-state index < -0.39 is 0 Å². The molecule has 1 aromatic heterocycles. The molecule has 0 bridgehead atoms. The molecule has 0 N–H and O–H groups in total. The van der Waals surface area contributed by atoms with Gasteiger partial charge in [0.05, 0.1) is 11.4 Å². The quantitative estimate of drug-likeness (QED) is 0.497. The van der Waals surface area contributed by atoms with Crippen molar-refractivity contribution < 1.29 is 4.79 Å². The highest BCUT2D eigenvalue weighted by molar-refractivity contribution is 7.99. The fraction of sp³-hybridized carbons (Fsp3) is 0.227. The summed E-state index contributed by atoms with van der Waals surface area (Å²) in [5, 5.41) is 0.641. The lowest BCUT2D eigenvalue weighted by molar-refractivity contribution is -0.116. The number of hydrogen-bond donors (Lipinski definition) is 0. The molecule has 0 fully saturated rings. The van der Waals surface area contributed by atoms with E-state index in [1.54, 1.807) is 0 Å². The van der Waals surface area contributed by atoms with Gasteiger partial charge in [-0.3, -0.25) is 4.79 Å². The molecule has 3 aromatic rings. The van der Waals surface area contributed by atoms with Gasteiger partial charge in [-0.15, -0.1) is 0 Å². The SMILES string of the molecule is Cc1cc(-c2ccccc2)nc(SCC(=O)N2c3ccccc3C[C@H]2C)n1. The van der Waals surface area contributed by atoms with Gasteiger partial charge in [0, 0.05) is 23.0 Å². The molecule has 0 radical (unpaired) electrons. The van der Waals surface area contributed by atoms with Gasteiger partial charge in [0.15, 0.2) is 5.16 Å². The van der Waals surface area contributed by atoms with Gasteiger partial charge < -0.3 is 4.90 Å². The summed E-state index contributed by atoms with van der Waals surface area (Å²) in [4.78, 5) is 23.9. The molecule has 5 heteroatoms. The number of rotatable bonds is 4. The highest BCUT2D eigenvalue weighted by atomic mass is 32.2. The van der Waals surface area contributed by atoms with Crippen molar-refractivity contribution in [3.8, 4) is 11.3 Å². The molecule has 0 saturated carbocycles. The van der Waals surface area contributed by atoms with Gasteiger partial charge in [-0.1, -0.05) is 60.3 Å². The molecule has 1 amide bonds. The van der Waals surface area contributed by atoms with Crippen LogP contribution >= 0.6 is 11.8 Å². The zero-order valence-electron chi connectivity index (χ0n) is 15.4. The third-order valence-electron chi connectivity index (χ3n) is 4.70. The molecule has 0 aliphatic carbocycles. The van der Waals surface area contributed by atoms with Gasteiger partial charge in [0.2, 0.25) is 5.91 Å². The maximum absolute atomic E-state index is 12.9. The van der Waals surface area contributed by atoms with Gasteiger partial charge in [-0.05, 0) is 38.0 Å². The van der Waals surface area contributed by atoms with Crippen LogP contribution in [0.3, 0.4) is 0 Å². The number of carbonyl (C=O) groups excluding carboxylic acids is 1. The Morgan fingerprint density at radius 1 is 1.11 bits per heavy atom. The minimum Gasteiger partial charge on any atom is -0.308 e. The second-order valence-electron chi connectivity index (χ2n) is 6.78. The molecule has 136 valence electrons. The van der Waals surface area contributed by atoms with E-state index >= 15 is 0 Å². The minimum atomic E-state index is 0.101. The lowest BCUT2D eigenvalue weighted by atomic mass is 10.1. The third kappa shape index (κ3) is 3.74. The largest absolute Gasteiger partial charge is 0.308 e. The lowest BCUT2D eigenvalue weighted by Gasteiger charge is -2.22. The van der Waals surface area contributed by atoms with Crippen molar-refractivity contribution in [3.05, 3.63) is 71.9 Å². The number of hydrogen-bond acceptors (Lipinski definition) is 4. The van der Waals surface area contributed by atoms with E-state index in [-0.39, 0.29) is 11.9 Å². The van der Waals surface area contributed by atoms with Gasteiger partial charge in [0.1, 0.15) is 0 Å². The van der Waals surface area contributed by atoms with Crippen LogP contribution in [0.1, 0.15) is 18.2 Å². The van der Waals surface area contributed by atoms with Crippen molar-refractivity contribution in [1.82, 2.24) is 9.97 Å². The summed E-state index contributed by atoms with van der Waals surface area (Å²) in [6.45, 7) is 4.05. The second-order valence-corrected chi connectivity index (χ2v) is 7.72.